The molecule has 0 bridgehead atoms. The lowest BCUT2D eigenvalue weighted by Gasteiger charge is -2.03. The van der Waals surface area contributed by atoms with Crippen LogP contribution < -0.4 is 5.32 Å². The van der Waals surface area contributed by atoms with E-state index in [1.54, 1.807) is 18.3 Å². The first-order valence-corrected chi connectivity index (χ1v) is 4.13. The molecule has 0 unspecified atom stereocenters. The first-order valence-electron chi connectivity index (χ1n) is 3.75. The zero-order valence-corrected chi connectivity index (χ0v) is 7.71. The monoisotopic (exact) mass is 196 g/mol. The lowest BCUT2D eigenvalue weighted by Crippen LogP contribution is -2.11. The molecule has 0 aliphatic carbocycles. The molecule has 1 aromatic rings. The third-order valence-electron chi connectivity index (χ3n) is 1.35. The minimum Gasteiger partial charge on any atom is -0.309 e. The van der Waals surface area contributed by atoms with Crippen LogP contribution in [0.1, 0.15) is 6.42 Å². The van der Waals surface area contributed by atoms with Crippen molar-refractivity contribution in [3.8, 4) is 0 Å². The summed E-state index contributed by atoms with van der Waals surface area (Å²) in [6.45, 7) is 3.45. The number of amides is 1. The summed E-state index contributed by atoms with van der Waals surface area (Å²) >= 11 is 5.77. The highest BCUT2D eigenvalue weighted by Crippen LogP contribution is 2.17. The normalized spacial score (nSPS) is 9.31. The van der Waals surface area contributed by atoms with Crippen molar-refractivity contribution in [1.82, 2.24) is 4.98 Å². The molecular formula is C9H9ClN2O. The van der Waals surface area contributed by atoms with Crippen LogP contribution in [0.3, 0.4) is 0 Å². The Bertz CT molecular complexity index is 325. The van der Waals surface area contributed by atoms with Gasteiger partial charge in [0.15, 0.2) is 5.82 Å². The fourth-order valence-corrected chi connectivity index (χ4v) is 0.961. The van der Waals surface area contributed by atoms with Gasteiger partial charge in [-0.15, -0.1) is 6.58 Å². The molecule has 0 atom stereocenters. The Balaban J connectivity index is 2.68. The van der Waals surface area contributed by atoms with Gasteiger partial charge in [0.05, 0.1) is 5.02 Å². The number of nitrogens with one attached hydrogen (secondary N) is 1. The molecule has 1 amide bonds. The van der Waals surface area contributed by atoms with Gasteiger partial charge in [-0.1, -0.05) is 17.7 Å². The predicted octanol–water partition coefficient (Wildman–Crippen LogP) is 2.25. The largest absolute Gasteiger partial charge is 0.309 e. The highest BCUT2D eigenvalue weighted by atomic mass is 35.5. The number of hydrogen-bond acceptors (Lipinski definition) is 2. The number of rotatable bonds is 3. The summed E-state index contributed by atoms with van der Waals surface area (Å²) in [6.07, 6.45) is 3.34. The van der Waals surface area contributed by atoms with Crippen molar-refractivity contribution in [2.24, 2.45) is 0 Å². The van der Waals surface area contributed by atoms with Gasteiger partial charge < -0.3 is 5.32 Å². The molecular weight excluding hydrogens is 188 g/mol. The third kappa shape index (κ3) is 2.87. The van der Waals surface area contributed by atoms with Gasteiger partial charge in [0.1, 0.15) is 0 Å². The van der Waals surface area contributed by atoms with Gasteiger partial charge in [-0.25, -0.2) is 4.98 Å². The van der Waals surface area contributed by atoms with Gasteiger partial charge in [-0.05, 0) is 12.1 Å². The minimum atomic E-state index is -0.171. The molecule has 68 valence electrons. The Morgan fingerprint density at radius 3 is 3.15 bits per heavy atom. The van der Waals surface area contributed by atoms with Crippen LogP contribution in [0.15, 0.2) is 31.0 Å². The molecule has 0 radical (unpaired) electrons. The minimum absolute atomic E-state index is 0.171. The Kier molecular flexibility index (Phi) is 3.46. The Morgan fingerprint density at radius 1 is 1.77 bits per heavy atom. The second-order valence-corrected chi connectivity index (χ2v) is 2.78. The van der Waals surface area contributed by atoms with E-state index in [0.717, 1.165) is 0 Å². The maximum Gasteiger partial charge on any atom is 0.229 e. The van der Waals surface area contributed by atoms with E-state index in [9.17, 15) is 4.79 Å². The quantitative estimate of drug-likeness (QED) is 0.754. The van der Waals surface area contributed by atoms with Crippen molar-refractivity contribution in [2.75, 3.05) is 5.32 Å². The number of halogens is 1. The van der Waals surface area contributed by atoms with E-state index >= 15 is 0 Å². The van der Waals surface area contributed by atoms with Gasteiger partial charge in [0.2, 0.25) is 5.91 Å². The van der Waals surface area contributed by atoms with Crippen molar-refractivity contribution in [3.05, 3.63) is 36.0 Å². The summed E-state index contributed by atoms with van der Waals surface area (Å²) < 4.78 is 0. The number of anilines is 1. The van der Waals surface area contributed by atoms with Crippen molar-refractivity contribution < 1.29 is 4.79 Å². The lowest BCUT2D eigenvalue weighted by molar-refractivity contribution is -0.115. The van der Waals surface area contributed by atoms with E-state index in [1.165, 1.54) is 6.08 Å². The summed E-state index contributed by atoms with van der Waals surface area (Å²) in [7, 11) is 0. The average Bonchev–Trinajstić information content (AvgIpc) is 2.09. The fraction of sp³-hybridized carbons (Fsp3) is 0.111. The number of pyridine rings is 1. The molecule has 0 aromatic carbocycles. The standard InChI is InChI=1S/C9H9ClN2O/c1-2-4-8(13)12-9-7(10)5-3-6-11-9/h2-3,5-6H,1,4H2,(H,11,12,13). The SMILES string of the molecule is C=CCC(=O)Nc1ncccc1Cl. The van der Waals surface area contributed by atoms with Gasteiger partial charge in [-0.3, -0.25) is 4.79 Å². The highest BCUT2D eigenvalue weighted by Gasteiger charge is 2.03. The summed E-state index contributed by atoms with van der Waals surface area (Å²) in [6, 6.07) is 3.36. The van der Waals surface area contributed by atoms with Crippen LogP contribution in [-0.2, 0) is 4.79 Å². The predicted molar refractivity (Wildman–Crippen MR) is 52.7 cm³/mol. The maximum absolute atomic E-state index is 11.1. The fourth-order valence-electron chi connectivity index (χ4n) is 0.792. The van der Waals surface area contributed by atoms with Crippen LogP contribution in [0.2, 0.25) is 5.02 Å². The van der Waals surface area contributed by atoms with E-state index in [1.807, 2.05) is 0 Å². The topological polar surface area (TPSA) is 42.0 Å². The summed E-state index contributed by atoms with van der Waals surface area (Å²) in [4.78, 5) is 15.0. The van der Waals surface area contributed by atoms with Gasteiger partial charge in [0, 0.05) is 12.6 Å². The van der Waals surface area contributed by atoms with Crippen LogP contribution >= 0.6 is 11.6 Å². The van der Waals surface area contributed by atoms with Crippen molar-refractivity contribution in [3.63, 3.8) is 0 Å². The molecule has 1 aromatic heterocycles. The molecule has 0 saturated carbocycles. The molecule has 4 heteroatoms. The van der Waals surface area contributed by atoms with E-state index in [4.69, 9.17) is 11.6 Å². The molecule has 0 fully saturated rings. The van der Waals surface area contributed by atoms with Gasteiger partial charge >= 0.3 is 0 Å². The van der Waals surface area contributed by atoms with Gasteiger partial charge in [-0.2, -0.15) is 0 Å². The Hall–Kier alpha value is -1.35. The number of aromatic nitrogens is 1. The molecule has 1 rings (SSSR count). The summed E-state index contributed by atoms with van der Waals surface area (Å²) in [5.74, 6) is 0.214. The van der Waals surface area contributed by atoms with Gasteiger partial charge in [0.25, 0.3) is 0 Å². The maximum atomic E-state index is 11.1. The van der Waals surface area contributed by atoms with E-state index in [0.29, 0.717) is 10.8 Å². The molecule has 13 heavy (non-hydrogen) atoms. The zero-order valence-electron chi connectivity index (χ0n) is 6.96. The Labute approximate surface area is 81.4 Å². The number of carbonyl (C=O) groups excluding carboxylic acids is 1. The second-order valence-electron chi connectivity index (χ2n) is 2.37. The second kappa shape index (κ2) is 4.62. The number of hydrogen-bond donors (Lipinski definition) is 1. The first kappa shape index (κ1) is 9.74. The highest BCUT2D eigenvalue weighted by molar-refractivity contribution is 6.33. The smallest absolute Gasteiger partial charge is 0.229 e. The first-order chi connectivity index (χ1) is 6.24. The molecule has 1 N–H and O–H groups in total. The Morgan fingerprint density at radius 2 is 2.54 bits per heavy atom. The number of carbonyl (C=O) groups is 1. The molecule has 0 saturated heterocycles. The van der Waals surface area contributed by atoms with Crippen LogP contribution in [0.4, 0.5) is 5.82 Å². The average molecular weight is 197 g/mol. The van der Waals surface area contributed by atoms with E-state index in [-0.39, 0.29) is 12.3 Å². The van der Waals surface area contributed by atoms with Crippen LogP contribution in [0.5, 0.6) is 0 Å². The van der Waals surface area contributed by atoms with Crippen LogP contribution in [0, 0.1) is 0 Å². The summed E-state index contributed by atoms with van der Waals surface area (Å²) in [5, 5.41) is 2.99. The van der Waals surface area contributed by atoms with Crippen molar-refractivity contribution in [2.45, 2.75) is 6.42 Å². The van der Waals surface area contributed by atoms with E-state index in [2.05, 4.69) is 16.9 Å². The molecule has 0 aliphatic rings. The molecule has 3 nitrogen and oxygen atoms in total. The third-order valence-corrected chi connectivity index (χ3v) is 1.65. The van der Waals surface area contributed by atoms with Crippen LogP contribution in [0.25, 0.3) is 0 Å². The molecule has 0 spiro atoms. The van der Waals surface area contributed by atoms with Crippen LogP contribution in [-0.4, -0.2) is 10.9 Å². The number of nitrogens with zero attached hydrogens (tertiary/aromatic N) is 1. The zero-order chi connectivity index (χ0) is 9.68. The summed E-state index contributed by atoms with van der Waals surface area (Å²) in [5.41, 5.74) is 0. The van der Waals surface area contributed by atoms with E-state index < -0.39 is 0 Å². The lowest BCUT2D eigenvalue weighted by atomic mass is 10.4. The molecule has 1 heterocycles. The molecule has 0 aliphatic heterocycles. The van der Waals surface area contributed by atoms with Crippen molar-refractivity contribution >= 4 is 23.3 Å². The van der Waals surface area contributed by atoms with Crippen molar-refractivity contribution in [1.29, 1.82) is 0 Å².